The molecule has 3 rings (SSSR count). The molecule has 0 N–H and O–H groups in total. The average molecular weight is 399 g/mol. The van der Waals surface area contributed by atoms with Gasteiger partial charge in [0.2, 0.25) is 0 Å². The number of hydrogen-bond donors (Lipinski definition) is 0. The monoisotopic (exact) mass is 397 g/mol. The van der Waals surface area contributed by atoms with Crippen LogP contribution in [0.5, 0.6) is 5.75 Å². The maximum atomic E-state index is 12.2. The van der Waals surface area contributed by atoms with Crippen LogP contribution in [0.3, 0.4) is 0 Å². The largest absolute Gasteiger partial charge is 0.423 e. The van der Waals surface area contributed by atoms with E-state index in [0.717, 1.165) is 4.90 Å². The van der Waals surface area contributed by atoms with Crippen molar-refractivity contribution in [2.75, 3.05) is 6.54 Å². The topological polar surface area (TPSA) is 63.7 Å². The van der Waals surface area contributed by atoms with E-state index in [9.17, 15) is 14.4 Å². The number of imide groups is 1. The van der Waals surface area contributed by atoms with Gasteiger partial charge in [-0.3, -0.25) is 19.3 Å². The molecule has 2 aromatic carbocycles. The molecule has 128 valence electrons. The minimum absolute atomic E-state index is 0.0138. The Labute approximate surface area is 158 Å². The van der Waals surface area contributed by atoms with Gasteiger partial charge in [0.05, 0.1) is 27.6 Å². The lowest BCUT2D eigenvalue weighted by molar-refractivity contribution is -0.134. The summed E-state index contributed by atoms with van der Waals surface area (Å²) in [5, 5.41) is 0.485. The van der Waals surface area contributed by atoms with Crippen LogP contribution in [0.25, 0.3) is 0 Å². The number of esters is 1. The summed E-state index contributed by atoms with van der Waals surface area (Å²) in [4.78, 5) is 37.5. The van der Waals surface area contributed by atoms with Gasteiger partial charge in [0.15, 0.2) is 5.75 Å². The molecule has 2 aromatic rings. The minimum atomic E-state index is -0.678. The quantitative estimate of drug-likeness (QED) is 0.439. The van der Waals surface area contributed by atoms with Crippen LogP contribution in [0.2, 0.25) is 15.1 Å². The summed E-state index contributed by atoms with van der Waals surface area (Å²) in [7, 11) is 0. The van der Waals surface area contributed by atoms with Crippen LogP contribution in [-0.2, 0) is 4.79 Å². The van der Waals surface area contributed by atoms with E-state index < -0.39 is 17.8 Å². The average Bonchev–Trinajstić information content (AvgIpc) is 2.81. The Kier molecular flexibility index (Phi) is 4.99. The lowest BCUT2D eigenvalue weighted by atomic mass is 10.1. The molecule has 1 aliphatic rings. The van der Waals surface area contributed by atoms with Gasteiger partial charge in [0.1, 0.15) is 0 Å². The van der Waals surface area contributed by atoms with Gasteiger partial charge >= 0.3 is 5.97 Å². The van der Waals surface area contributed by atoms with Crippen molar-refractivity contribution in [3.63, 3.8) is 0 Å². The van der Waals surface area contributed by atoms with Crippen LogP contribution in [0, 0.1) is 0 Å². The molecular weight excluding hydrogens is 389 g/mol. The van der Waals surface area contributed by atoms with Gasteiger partial charge in [-0.15, -0.1) is 0 Å². The number of halogens is 3. The number of amides is 2. The lowest BCUT2D eigenvalue weighted by Gasteiger charge is -2.14. The van der Waals surface area contributed by atoms with E-state index in [1.54, 1.807) is 24.3 Å². The number of ether oxygens (including phenoxy) is 1. The third kappa shape index (κ3) is 3.49. The van der Waals surface area contributed by atoms with Gasteiger partial charge in [0, 0.05) is 11.6 Å². The predicted octanol–water partition coefficient (Wildman–Crippen LogP) is 4.24. The molecule has 0 saturated carbocycles. The Bertz CT molecular complexity index is 839. The Hall–Kier alpha value is -2.08. The molecule has 25 heavy (non-hydrogen) atoms. The van der Waals surface area contributed by atoms with E-state index in [1.165, 1.54) is 12.1 Å². The second-order valence-electron chi connectivity index (χ2n) is 5.23. The van der Waals surface area contributed by atoms with Crippen LogP contribution in [0.1, 0.15) is 27.1 Å². The van der Waals surface area contributed by atoms with E-state index in [-0.39, 0.29) is 28.8 Å². The van der Waals surface area contributed by atoms with Crippen LogP contribution in [0.4, 0.5) is 0 Å². The molecule has 0 bridgehead atoms. The molecule has 0 fully saturated rings. The smallest absolute Gasteiger partial charge is 0.313 e. The van der Waals surface area contributed by atoms with Crippen molar-refractivity contribution in [3.8, 4) is 5.75 Å². The fourth-order valence-corrected chi connectivity index (χ4v) is 3.33. The van der Waals surface area contributed by atoms with Gasteiger partial charge in [-0.25, -0.2) is 0 Å². The highest BCUT2D eigenvalue weighted by molar-refractivity contribution is 6.40. The summed E-state index contributed by atoms with van der Waals surface area (Å²) in [5.74, 6) is -1.56. The highest BCUT2D eigenvalue weighted by Gasteiger charge is 2.35. The van der Waals surface area contributed by atoms with Crippen molar-refractivity contribution in [2.45, 2.75) is 6.42 Å². The normalized spacial score (nSPS) is 13.2. The van der Waals surface area contributed by atoms with Crippen LogP contribution in [-0.4, -0.2) is 29.2 Å². The molecule has 0 unspecified atom stereocenters. The summed E-state index contributed by atoms with van der Waals surface area (Å²) in [6.45, 7) is -0.103. The van der Waals surface area contributed by atoms with E-state index in [4.69, 9.17) is 39.5 Å². The van der Waals surface area contributed by atoms with Crippen LogP contribution < -0.4 is 4.74 Å². The van der Waals surface area contributed by atoms with Crippen molar-refractivity contribution in [1.29, 1.82) is 0 Å². The van der Waals surface area contributed by atoms with Crippen molar-refractivity contribution >= 4 is 52.6 Å². The number of benzene rings is 2. The Morgan fingerprint density at radius 3 is 2.00 bits per heavy atom. The highest BCUT2D eigenvalue weighted by Crippen LogP contribution is 2.36. The van der Waals surface area contributed by atoms with E-state index in [0.29, 0.717) is 16.1 Å². The molecule has 5 nitrogen and oxygen atoms in total. The zero-order valence-electron chi connectivity index (χ0n) is 12.6. The van der Waals surface area contributed by atoms with Gasteiger partial charge < -0.3 is 4.74 Å². The van der Waals surface area contributed by atoms with Gasteiger partial charge in [-0.1, -0.05) is 46.9 Å². The number of fused-ring (bicyclic) bond motifs is 1. The molecule has 1 heterocycles. The molecule has 2 amide bonds. The predicted molar refractivity (Wildman–Crippen MR) is 93.5 cm³/mol. The maximum absolute atomic E-state index is 12.2. The maximum Gasteiger partial charge on any atom is 0.313 e. The Balaban J connectivity index is 1.66. The molecule has 0 spiro atoms. The van der Waals surface area contributed by atoms with Gasteiger partial charge in [-0.2, -0.15) is 0 Å². The SMILES string of the molecule is O=C(CCN1C(=O)c2ccccc2C1=O)Oc1c(Cl)cc(Cl)cc1Cl. The lowest BCUT2D eigenvalue weighted by Crippen LogP contribution is -2.32. The number of carbonyl (C=O) groups is 3. The molecule has 0 radical (unpaired) electrons. The third-order valence-corrected chi connectivity index (χ3v) is 4.38. The fourth-order valence-electron chi connectivity index (χ4n) is 2.44. The van der Waals surface area contributed by atoms with E-state index in [2.05, 4.69) is 0 Å². The van der Waals surface area contributed by atoms with Crippen molar-refractivity contribution < 1.29 is 19.1 Å². The summed E-state index contributed by atoms with van der Waals surface area (Å²) in [6, 6.07) is 9.27. The van der Waals surface area contributed by atoms with E-state index >= 15 is 0 Å². The van der Waals surface area contributed by atoms with Crippen molar-refractivity contribution in [2.24, 2.45) is 0 Å². The highest BCUT2D eigenvalue weighted by atomic mass is 35.5. The first kappa shape index (κ1) is 17.7. The number of nitrogens with zero attached hydrogens (tertiary/aromatic N) is 1. The molecule has 0 aromatic heterocycles. The first-order valence-electron chi connectivity index (χ1n) is 7.19. The standard InChI is InChI=1S/C17H10Cl3NO4/c18-9-7-12(19)15(13(20)8-9)25-14(22)5-6-21-16(23)10-3-1-2-4-11(10)17(21)24/h1-4,7-8H,5-6H2. The Morgan fingerprint density at radius 2 is 1.48 bits per heavy atom. The molecular formula is C17H10Cl3NO4. The first-order valence-corrected chi connectivity index (χ1v) is 8.32. The summed E-state index contributed by atoms with van der Waals surface area (Å²) in [5.41, 5.74) is 0.648. The molecule has 0 aliphatic carbocycles. The second-order valence-corrected chi connectivity index (χ2v) is 6.48. The molecule has 1 aliphatic heterocycles. The fraction of sp³-hybridized carbons (Fsp3) is 0.118. The zero-order valence-corrected chi connectivity index (χ0v) is 14.9. The summed E-state index contributed by atoms with van der Waals surface area (Å²) >= 11 is 17.7. The zero-order chi connectivity index (χ0) is 18.1. The number of rotatable bonds is 4. The molecule has 0 atom stereocenters. The van der Waals surface area contributed by atoms with Crippen LogP contribution in [0.15, 0.2) is 36.4 Å². The van der Waals surface area contributed by atoms with Crippen LogP contribution >= 0.6 is 34.8 Å². The molecule has 0 saturated heterocycles. The number of hydrogen-bond acceptors (Lipinski definition) is 4. The summed E-state index contributed by atoms with van der Waals surface area (Å²) in [6.07, 6.45) is -0.194. The second kappa shape index (κ2) is 7.04. The Morgan fingerprint density at radius 1 is 0.960 bits per heavy atom. The molecule has 8 heteroatoms. The van der Waals surface area contributed by atoms with Crippen molar-refractivity contribution in [1.82, 2.24) is 4.90 Å². The van der Waals surface area contributed by atoms with Crippen molar-refractivity contribution in [3.05, 3.63) is 62.6 Å². The minimum Gasteiger partial charge on any atom is -0.423 e. The van der Waals surface area contributed by atoms with E-state index in [1.807, 2.05) is 0 Å². The van der Waals surface area contributed by atoms with Gasteiger partial charge in [-0.05, 0) is 24.3 Å². The van der Waals surface area contributed by atoms with Gasteiger partial charge in [0.25, 0.3) is 11.8 Å². The summed E-state index contributed by atoms with van der Waals surface area (Å²) < 4.78 is 5.13. The first-order chi connectivity index (χ1) is 11.9. The number of carbonyl (C=O) groups excluding carboxylic acids is 3. The third-order valence-electron chi connectivity index (χ3n) is 3.60.